The molecule has 0 aromatic heterocycles. The molecule has 3 nitrogen and oxygen atoms in total. The first-order valence-electron chi connectivity index (χ1n) is 4.44. The van der Waals surface area contributed by atoms with Crippen molar-refractivity contribution in [3.63, 3.8) is 0 Å². The summed E-state index contributed by atoms with van der Waals surface area (Å²) in [5, 5.41) is 0. The Balaban J connectivity index is 3.73. The quantitative estimate of drug-likeness (QED) is 0.633. The molecule has 0 aromatic carbocycles. The molecule has 0 aliphatic carbocycles. The molecule has 1 unspecified atom stereocenters. The maximum Gasteiger partial charge on any atom is 0.239 e. The summed E-state index contributed by atoms with van der Waals surface area (Å²) in [6, 6.07) is 0.330. The number of hydrazine groups is 1. The average Bonchev–Trinajstić information content (AvgIpc) is 1.97. The molecule has 3 heteroatoms. The molecule has 0 aliphatic rings. The summed E-state index contributed by atoms with van der Waals surface area (Å²) in [5.41, 5.74) is 5.30. The topological polar surface area (TPSA) is 41.1 Å². The predicted molar refractivity (Wildman–Crippen MR) is 50.5 cm³/mol. The van der Waals surface area contributed by atoms with Gasteiger partial charge < -0.3 is 0 Å². The monoisotopic (exact) mass is 172 g/mol. The second-order valence-electron chi connectivity index (χ2n) is 4.16. The lowest BCUT2D eigenvalue weighted by atomic mass is 9.96. The summed E-state index contributed by atoms with van der Waals surface area (Å²) in [6.45, 7) is 9.77. The van der Waals surface area contributed by atoms with E-state index in [0.717, 1.165) is 6.42 Å². The van der Waals surface area contributed by atoms with Gasteiger partial charge in [-0.15, -0.1) is 0 Å². The summed E-state index contributed by atoms with van der Waals surface area (Å²) < 4.78 is 0. The van der Waals surface area contributed by atoms with Gasteiger partial charge in [0.05, 0.1) is 0 Å². The van der Waals surface area contributed by atoms with Gasteiger partial charge in [0.15, 0.2) is 0 Å². The van der Waals surface area contributed by atoms with Gasteiger partial charge in [-0.2, -0.15) is 0 Å². The number of carbonyl (C=O) groups excluding carboxylic acids is 1. The van der Waals surface area contributed by atoms with Gasteiger partial charge in [0, 0.05) is 11.5 Å². The van der Waals surface area contributed by atoms with E-state index >= 15 is 0 Å². The van der Waals surface area contributed by atoms with Crippen LogP contribution in [-0.4, -0.2) is 11.9 Å². The van der Waals surface area contributed by atoms with Crippen molar-refractivity contribution < 1.29 is 4.79 Å². The van der Waals surface area contributed by atoms with Gasteiger partial charge in [0.2, 0.25) is 5.91 Å². The zero-order chi connectivity index (χ0) is 9.78. The fraction of sp³-hybridized carbons (Fsp3) is 0.889. The highest BCUT2D eigenvalue weighted by molar-refractivity contribution is 5.80. The van der Waals surface area contributed by atoms with Crippen LogP contribution in [0.25, 0.3) is 0 Å². The molecule has 72 valence electrons. The molecule has 0 rings (SSSR count). The summed E-state index contributed by atoms with van der Waals surface area (Å²) in [5.74, 6) is 0.0304. The van der Waals surface area contributed by atoms with Crippen LogP contribution in [0.5, 0.6) is 0 Å². The molecule has 1 amide bonds. The van der Waals surface area contributed by atoms with Crippen LogP contribution in [0.4, 0.5) is 0 Å². The van der Waals surface area contributed by atoms with Crippen LogP contribution in [0.15, 0.2) is 0 Å². The Morgan fingerprint density at radius 1 is 1.42 bits per heavy atom. The lowest BCUT2D eigenvalue weighted by molar-refractivity contribution is -0.129. The van der Waals surface area contributed by atoms with Gasteiger partial charge in [-0.1, -0.05) is 27.7 Å². The lowest BCUT2D eigenvalue weighted by Crippen LogP contribution is -2.47. The molecule has 0 heterocycles. The largest absolute Gasteiger partial charge is 0.291 e. The zero-order valence-corrected chi connectivity index (χ0v) is 8.69. The maximum atomic E-state index is 11.3. The molecule has 12 heavy (non-hydrogen) atoms. The summed E-state index contributed by atoms with van der Waals surface area (Å²) >= 11 is 0. The van der Waals surface area contributed by atoms with E-state index in [4.69, 9.17) is 0 Å². The van der Waals surface area contributed by atoms with Crippen LogP contribution in [0.3, 0.4) is 0 Å². The molecule has 0 bridgehead atoms. The number of carbonyl (C=O) groups is 1. The first-order chi connectivity index (χ1) is 5.38. The number of hydrogen-bond donors (Lipinski definition) is 2. The second-order valence-corrected chi connectivity index (χ2v) is 4.16. The molecule has 0 aliphatic heterocycles. The Kier molecular flexibility index (Phi) is 4.24. The Bertz CT molecular complexity index is 149. The highest BCUT2D eigenvalue weighted by Gasteiger charge is 2.20. The number of rotatable bonds is 3. The van der Waals surface area contributed by atoms with Gasteiger partial charge in [0.1, 0.15) is 0 Å². The van der Waals surface area contributed by atoms with Crippen molar-refractivity contribution in [2.75, 3.05) is 0 Å². The number of hydrogen-bond acceptors (Lipinski definition) is 2. The van der Waals surface area contributed by atoms with Crippen LogP contribution < -0.4 is 10.9 Å². The fourth-order valence-corrected chi connectivity index (χ4v) is 0.478. The van der Waals surface area contributed by atoms with Crippen molar-refractivity contribution >= 4 is 5.91 Å². The molecule has 0 saturated heterocycles. The van der Waals surface area contributed by atoms with Crippen molar-refractivity contribution in [2.45, 2.75) is 47.1 Å². The molecule has 0 fully saturated rings. The lowest BCUT2D eigenvalue weighted by Gasteiger charge is -2.20. The van der Waals surface area contributed by atoms with Crippen LogP contribution in [0.2, 0.25) is 0 Å². The minimum atomic E-state index is -0.319. The van der Waals surface area contributed by atoms with Crippen molar-refractivity contribution in [3.05, 3.63) is 0 Å². The smallest absolute Gasteiger partial charge is 0.239 e. The molecular formula is C9H20N2O. The van der Waals surface area contributed by atoms with E-state index < -0.39 is 0 Å². The Labute approximate surface area is 74.9 Å². The Morgan fingerprint density at radius 3 is 2.25 bits per heavy atom. The van der Waals surface area contributed by atoms with Crippen LogP contribution >= 0.6 is 0 Å². The van der Waals surface area contributed by atoms with Gasteiger partial charge in [-0.25, -0.2) is 5.43 Å². The van der Waals surface area contributed by atoms with Crippen LogP contribution in [0.1, 0.15) is 41.0 Å². The number of nitrogens with one attached hydrogen (secondary N) is 2. The minimum absolute atomic E-state index is 0.0304. The van der Waals surface area contributed by atoms with E-state index in [9.17, 15) is 4.79 Å². The van der Waals surface area contributed by atoms with E-state index in [2.05, 4.69) is 17.8 Å². The van der Waals surface area contributed by atoms with E-state index in [0.29, 0.717) is 6.04 Å². The van der Waals surface area contributed by atoms with Crippen molar-refractivity contribution in [1.82, 2.24) is 10.9 Å². The summed E-state index contributed by atoms with van der Waals surface area (Å²) in [7, 11) is 0. The van der Waals surface area contributed by atoms with Gasteiger partial charge in [0.25, 0.3) is 0 Å². The first kappa shape index (κ1) is 11.4. The highest BCUT2D eigenvalue weighted by Crippen LogP contribution is 2.11. The summed E-state index contributed by atoms with van der Waals surface area (Å²) in [6.07, 6.45) is 1.00. The van der Waals surface area contributed by atoms with E-state index in [1.807, 2.05) is 27.7 Å². The van der Waals surface area contributed by atoms with Gasteiger partial charge >= 0.3 is 0 Å². The standard InChI is InChI=1S/C9H20N2O/c1-6-7(2)10-11-8(12)9(3,4)5/h7,10H,6H2,1-5H3,(H,11,12). The number of amides is 1. The zero-order valence-electron chi connectivity index (χ0n) is 8.69. The van der Waals surface area contributed by atoms with Crippen LogP contribution in [0, 0.1) is 5.41 Å². The average molecular weight is 172 g/mol. The Hall–Kier alpha value is -0.570. The normalized spacial score (nSPS) is 14.1. The van der Waals surface area contributed by atoms with E-state index in [-0.39, 0.29) is 11.3 Å². The van der Waals surface area contributed by atoms with E-state index in [1.165, 1.54) is 0 Å². The SMILES string of the molecule is CCC(C)NNC(=O)C(C)(C)C. The van der Waals surface area contributed by atoms with Crippen LogP contribution in [-0.2, 0) is 4.79 Å². The molecule has 2 N–H and O–H groups in total. The maximum absolute atomic E-state index is 11.3. The third-order valence-corrected chi connectivity index (χ3v) is 1.73. The molecule has 0 saturated carbocycles. The fourth-order valence-electron chi connectivity index (χ4n) is 0.478. The summed E-state index contributed by atoms with van der Waals surface area (Å²) in [4.78, 5) is 11.3. The molecule has 0 spiro atoms. The second kappa shape index (κ2) is 4.45. The molecular weight excluding hydrogens is 152 g/mol. The molecule has 1 atom stereocenters. The first-order valence-corrected chi connectivity index (χ1v) is 4.44. The minimum Gasteiger partial charge on any atom is -0.291 e. The highest BCUT2D eigenvalue weighted by atomic mass is 16.2. The van der Waals surface area contributed by atoms with Gasteiger partial charge in [-0.05, 0) is 13.3 Å². The van der Waals surface area contributed by atoms with Crippen molar-refractivity contribution in [3.8, 4) is 0 Å². The third kappa shape index (κ3) is 4.34. The third-order valence-electron chi connectivity index (χ3n) is 1.73. The molecule has 0 aromatic rings. The van der Waals surface area contributed by atoms with Gasteiger partial charge in [-0.3, -0.25) is 10.2 Å². The van der Waals surface area contributed by atoms with Crippen molar-refractivity contribution in [1.29, 1.82) is 0 Å². The Morgan fingerprint density at radius 2 is 1.92 bits per heavy atom. The van der Waals surface area contributed by atoms with E-state index in [1.54, 1.807) is 0 Å². The predicted octanol–water partition coefficient (Wildman–Crippen LogP) is 1.45. The molecule has 0 radical (unpaired) electrons. The van der Waals surface area contributed by atoms with Crippen molar-refractivity contribution in [2.24, 2.45) is 5.41 Å².